The summed E-state index contributed by atoms with van der Waals surface area (Å²) in [6.45, 7) is 1.05. The van der Waals surface area contributed by atoms with Crippen LogP contribution in [0.4, 0.5) is 10.5 Å². The van der Waals surface area contributed by atoms with Gasteiger partial charge >= 0.3 is 6.03 Å². The van der Waals surface area contributed by atoms with Gasteiger partial charge in [0.05, 0.1) is 10.7 Å². The van der Waals surface area contributed by atoms with Crippen molar-refractivity contribution >= 4 is 35.1 Å². The number of anilines is 1. The normalized spacial score (nSPS) is 27.3. The number of carbonyl (C=O) groups is 3. The largest absolute Gasteiger partial charge is 0.328 e. The van der Waals surface area contributed by atoms with Crippen LogP contribution in [0.2, 0.25) is 5.02 Å². The van der Waals surface area contributed by atoms with Crippen LogP contribution in [0.5, 0.6) is 0 Å². The lowest BCUT2D eigenvalue weighted by molar-refractivity contribution is -0.133. The lowest BCUT2D eigenvalue weighted by Crippen LogP contribution is -2.46. The van der Waals surface area contributed by atoms with E-state index in [-0.39, 0.29) is 23.9 Å². The smallest absolute Gasteiger partial charge is 0.312 e. The summed E-state index contributed by atoms with van der Waals surface area (Å²) in [6.07, 6.45) is 1.98. The number of halogens is 1. The van der Waals surface area contributed by atoms with Crippen LogP contribution in [0.25, 0.3) is 0 Å². The van der Waals surface area contributed by atoms with E-state index in [2.05, 4.69) is 0 Å². The van der Waals surface area contributed by atoms with Crippen molar-refractivity contribution in [2.24, 2.45) is 0 Å². The number of imide groups is 1. The number of amides is 4. The molecule has 3 aliphatic rings. The molecule has 0 aromatic heterocycles. The Morgan fingerprint density at radius 1 is 0.957 bits per heavy atom. The standard InChI is InChI=1S/C16H16ClN3O3/c17-10-4-1-2-5-11(10)18-9-7-13(14(18)21)20-15(22)12-6-3-8-19(12)16(20)23/h1-2,4-5,12-13H,3,6-9H2. The summed E-state index contributed by atoms with van der Waals surface area (Å²) >= 11 is 6.16. The highest BCUT2D eigenvalue weighted by Crippen LogP contribution is 2.34. The van der Waals surface area contributed by atoms with Crippen LogP contribution in [0, 0.1) is 0 Å². The molecule has 4 rings (SSSR count). The van der Waals surface area contributed by atoms with E-state index in [0.717, 1.165) is 6.42 Å². The van der Waals surface area contributed by atoms with Gasteiger partial charge in [0.25, 0.3) is 5.91 Å². The van der Waals surface area contributed by atoms with E-state index in [4.69, 9.17) is 11.6 Å². The molecular formula is C16H16ClN3O3. The van der Waals surface area contributed by atoms with Crippen LogP contribution < -0.4 is 4.90 Å². The highest BCUT2D eigenvalue weighted by molar-refractivity contribution is 6.34. The van der Waals surface area contributed by atoms with Gasteiger partial charge in [-0.15, -0.1) is 0 Å². The fraction of sp³-hybridized carbons (Fsp3) is 0.438. The van der Waals surface area contributed by atoms with Crippen molar-refractivity contribution in [3.05, 3.63) is 29.3 Å². The topological polar surface area (TPSA) is 60.9 Å². The molecule has 3 aliphatic heterocycles. The van der Waals surface area contributed by atoms with Crippen LogP contribution in [-0.2, 0) is 9.59 Å². The number of hydrogen-bond donors (Lipinski definition) is 0. The van der Waals surface area contributed by atoms with Crippen molar-refractivity contribution in [2.75, 3.05) is 18.0 Å². The molecule has 0 radical (unpaired) electrons. The van der Waals surface area contributed by atoms with Crippen molar-refractivity contribution in [2.45, 2.75) is 31.3 Å². The summed E-state index contributed by atoms with van der Waals surface area (Å²) in [5, 5.41) is 0.487. The van der Waals surface area contributed by atoms with E-state index < -0.39 is 6.04 Å². The van der Waals surface area contributed by atoms with Gasteiger partial charge in [-0.25, -0.2) is 9.69 Å². The Morgan fingerprint density at radius 2 is 1.74 bits per heavy atom. The molecule has 0 bridgehead atoms. The summed E-state index contributed by atoms with van der Waals surface area (Å²) in [4.78, 5) is 42.1. The van der Waals surface area contributed by atoms with Gasteiger partial charge in [0.2, 0.25) is 5.91 Å². The molecule has 3 fully saturated rings. The number of benzene rings is 1. The zero-order chi connectivity index (χ0) is 16.1. The number of nitrogens with zero attached hydrogens (tertiary/aromatic N) is 3. The van der Waals surface area contributed by atoms with Crippen molar-refractivity contribution < 1.29 is 14.4 Å². The highest BCUT2D eigenvalue weighted by Gasteiger charge is 2.53. The maximum absolute atomic E-state index is 12.8. The molecule has 0 saturated carbocycles. The van der Waals surface area contributed by atoms with Gasteiger partial charge in [0, 0.05) is 13.1 Å². The Balaban J connectivity index is 1.60. The summed E-state index contributed by atoms with van der Waals surface area (Å²) in [7, 11) is 0. The van der Waals surface area contributed by atoms with Gasteiger partial charge in [0.1, 0.15) is 12.1 Å². The second-order valence-electron chi connectivity index (χ2n) is 6.09. The molecule has 2 atom stereocenters. The van der Waals surface area contributed by atoms with Gasteiger partial charge in [-0.2, -0.15) is 0 Å². The third-order valence-electron chi connectivity index (χ3n) is 4.86. The minimum Gasteiger partial charge on any atom is -0.312 e. The Labute approximate surface area is 138 Å². The van der Waals surface area contributed by atoms with Crippen molar-refractivity contribution in [1.82, 2.24) is 9.80 Å². The van der Waals surface area contributed by atoms with E-state index in [1.807, 2.05) is 6.07 Å². The summed E-state index contributed by atoms with van der Waals surface area (Å²) in [5.41, 5.74) is 0.626. The first-order valence-electron chi connectivity index (χ1n) is 7.79. The number of para-hydroxylation sites is 1. The Morgan fingerprint density at radius 3 is 2.48 bits per heavy atom. The van der Waals surface area contributed by atoms with Crippen LogP contribution in [0.15, 0.2) is 24.3 Å². The van der Waals surface area contributed by atoms with E-state index in [1.54, 1.807) is 28.0 Å². The van der Waals surface area contributed by atoms with Crippen LogP contribution in [0.3, 0.4) is 0 Å². The third kappa shape index (κ3) is 2.05. The summed E-state index contributed by atoms with van der Waals surface area (Å²) < 4.78 is 0. The molecule has 7 heteroatoms. The monoisotopic (exact) mass is 333 g/mol. The minimum atomic E-state index is -0.711. The van der Waals surface area contributed by atoms with E-state index in [1.165, 1.54) is 4.90 Å². The highest BCUT2D eigenvalue weighted by atomic mass is 35.5. The Hall–Kier alpha value is -2.08. The van der Waals surface area contributed by atoms with E-state index >= 15 is 0 Å². The van der Waals surface area contributed by atoms with E-state index in [0.29, 0.717) is 36.6 Å². The SMILES string of the molecule is O=C1C(N2C(=O)C3CCCN3C2=O)CCN1c1ccccc1Cl. The van der Waals surface area contributed by atoms with Gasteiger partial charge in [0.15, 0.2) is 0 Å². The number of hydrogen-bond acceptors (Lipinski definition) is 3. The Bertz CT molecular complexity index is 686. The molecule has 0 spiro atoms. The molecule has 3 heterocycles. The van der Waals surface area contributed by atoms with Gasteiger partial charge in [-0.05, 0) is 31.4 Å². The lowest BCUT2D eigenvalue weighted by Gasteiger charge is -2.22. The molecule has 23 heavy (non-hydrogen) atoms. The lowest BCUT2D eigenvalue weighted by atomic mass is 10.1. The van der Waals surface area contributed by atoms with Gasteiger partial charge < -0.3 is 9.80 Å². The number of fused-ring (bicyclic) bond motifs is 1. The molecule has 2 unspecified atom stereocenters. The zero-order valence-electron chi connectivity index (χ0n) is 12.4. The molecule has 120 valence electrons. The maximum atomic E-state index is 12.8. The van der Waals surface area contributed by atoms with Gasteiger partial charge in [-0.1, -0.05) is 23.7 Å². The molecule has 1 aromatic carbocycles. The number of carbonyl (C=O) groups excluding carboxylic acids is 3. The number of rotatable bonds is 2. The van der Waals surface area contributed by atoms with Crippen molar-refractivity contribution in [3.8, 4) is 0 Å². The second-order valence-corrected chi connectivity index (χ2v) is 6.50. The van der Waals surface area contributed by atoms with Crippen LogP contribution in [-0.4, -0.2) is 52.8 Å². The summed E-state index contributed by atoms with van der Waals surface area (Å²) in [5.74, 6) is -0.465. The average molecular weight is 334 g/mol. The van der Waals surface area contributed by atoms with Gasteiger partial charge in [-0.3, -0.25) is 9.59 Å². The molecule has 0 N–H and O–H groups in total. The minimum absolute atomic E-state index is 0.230. The van der Waals surface area contributed by atoms with Crippen molar-refractivity contribution in [3.63, 3.8) is 0 Å². The first kappa shape index (κ1) is 14.5. The molecule has 1 aromatic rings. The quantitative estimate of drug-likeness (QED) is 0.776. The molecule has 4 amide bonds. The fourth-order valence-corrected chi connectivity index (χ4v) is 3.98. The van der Waals surface area contributed by atoms with Crippen LogP contribution in [0.1, 0.15) is 19.3 Å². The van der Waals surface area contributed by atoms with Crippen molar-refractivity contribution in [1.29, 1.82) is 0 Å². The number of urea groups is 1. The fourth-order valence-electron chi connectivity index (χ4n) is 3.75. The molecule has 0 aliphatic carbocycles. The molecule has 6 nitrogen and oxygen atoms in total. The molecular weight excluding hydrogens is 318 g/mol. The summed E-state index contributed by atoms with van der Waals surface area (Å²) in [6, 6.07) is 5.70. The Kier molecular flexibility index (Phi) is 3.30. The molecule has 3 saturated heterocycles. The predicted molar refractivity (Wildman–Crippen MR) is 84.2 cm³/mol. The first-order chi connectivity index (χ1) is 11.1. The maximum Gasteiger partial charge on any atom is 0.328 e. The van der Waals surface area contributed by atoms with Crippen LogP contribution >= 0.6 is 11.6 Å². The second kappa shape index (κ2) is 5.23. The first-order valence-corrected chi connectivity index (χ1v) is 8.17. The third-order valence-corrected chi connectivity index (χ3v) is 5.18. The average Bonchev–Trinajstić information content (AvgIpc) is 3.20. The van der Waals surface area contributed by atoms with E-state index in [9.17, 15) is 14.4 Å². The predicted octanol–water partition coefficient (Wildman–Crippen LogP) is 1.87. The zero-order valence-corrected chi connectivity index (χ0v) is 13.2.